The van der Waals surface area contributed by atoms with Gasteiger partial charge in [-0.3, -0.25) is 9.59 Å². The third-order valence-corrected chi connectivity index (χ3v) is 5.39. The van der Waals surface area contributed by atoms with E-state index in [1.165, 1.54) is 6.21 Å². The lowest BCUT2D eigenvalue weighted by Gasteiger charge is -2.20. The Balaban J connectivity index is 2.08. The number of ether oxygens (including phenoxy) is 2. The molecule has 7 nitrogen and oxygen atoms in total. The highest BCUT2D eigenvalue weighted by molar-refractivity contribution is 14.1. The summed E-state index contributed by atoms with van der Waals surface area (Å²) in [5.74, 6) is 0.317. The molecule has 1 unspecified atom stereocenters. The lowest BCUT2D eigenvalue weighted by molar-refractivity contribution is -0.123. The number of carbonyl (C=O) groups excluding carboxylic acids is 2. The monoisotopic (exact) mass is 571 g/mol. The predicted molar refractivity (Wildman–Crippen MR) is 135 cm³/mol. The maximum Gasteiger partial charge on any atom is 0.262 e. The molecule has 0 aliphatic carbocycles. The van der Waals surface area contributed by atoms with E-state index < -0.39 is 11.9 Å². The van der Waals surface area contributed by atoms with Crippen molar-refractivity contribution >= 4 is 52.2 Å². The van der Waals surface area contributed by atoms with Crippen molar-refractivity contribution in [3.8, 4) is 11.5 Å². The molecule has 0 spiro atoms. The molecule has 2 aromatic rings. The number of hydrogen-bond acceptors (Lipinski definition) is 5. The number of amides is 2. The van der Waals surface area contributed by atoms with Gasteiger partial charge in [0.1, 0.15) is 6.04 Å². The summed E-state index contributed by atoms with van der Waals surface area (Å²) in [7, 11) is 1.57. The van der Waals surface area contributed by atoms with Crippen LogP contribution in [0.3, 0.4) is 0 Å². The normalized spacial score (nSPS) is 12.2. The van der Waals surface area contributed by atoms with Crippen molar-refractivity contribution < 1.29 is 19.1 Å². The second-order valence-corrected chi connectivity index (χ2v) is 9.24. The van der Waals surface area contributed by atoms with Crippen LogP contribution >= 0.6 is 34.2 Å². The molecular formula is C23H27ClIN3O4. The van der Waals surface area contributed by atoms with Crippen LogP contribution in [0.5, 0.6) is 11.5 Å². The maximum absolute atomic E-state index is 12.7. The molecule has 0 bridgehead atoms. The topological polar surface area (TPSA) is 89.0 Å². The molecule has 0 fully saturated rings. The van der Waals surface area contributed by atoms with Gasteiger partial charge in [-0.1, -0.05) is 25.4 Å². The standard InChI is InChI=1S/C23H27ClIN3O4/c1-13(2)20(27-22(29)16-6-8-17(24)9-7-16)23(30)28-26-12-15-10-18(25)21(32-14(3)4)19(11-15)31-5/h6-14,20H,1-5H3,(H,27,29)(H,28,30)/b26-12+. The molecule has 2 rings (SSSR count). The number of methoxy groups -OCH3 is 1. The van der Waals surface area contributed by atoms with E-state index in [4.69, 9.17) is 21.1 Å². The van der Waals surface area contributed by atoms with E-state index >= 15 is 0 Å². The molecule has 2 N–H and O–H groups in total. The highest BCUT2D eigenvalue weighted by Gasteiger charge is 2.24. The van der Waals surface area contributed by atoms with Crippen LogP contribution in [0.1, 0.15) is 43.6 Å². The summed E-state index contributed by atoms with van der Waals surface area (Å²) in [6.45, 7) is 7.57. The fourth-order valence-electron chi connectivity index (χ4n) is 2.77. The largest absolute Gasteiger partial charge is 0.493 e. The third kappa shape index (κ3) is 7.37. The SMILES string of the molecule is COc1cc(/C=N/NC(=O)C(NC(=O)c2ccc(Cl)cc2)C(C)C)cc(I)c1OC(C)C. The van der Waals surface area contributed by atoms with E-state index in [-0.39, 0.29) is 17.9 Å². The van der Waals surface area contributed by atoms with E-state index in [1.807, 2.05) is 33.8 Å². The number of hydrazone groups is 1. The summed E-state index contributed by atoms with van der Waals surface area (Å²) < 4.78 is 12.1. The molecule has 32 heavy (non-hydrogen) atoms. The molecule has 9 heteroatoms. The number of rotatable bonds is 9. The minimum atomic E-state index is -0.758. The fourth-order valence-corrected chi connectivity index (χ4v) is 3.64. The van der Waals surface area contributed by atoms with Gasteiger partial charge in [0.25, 0.3) is 11.8 Å². The summed E-state index contributed by atoms with van der Waals surface area (Å²) in [6.07, 6.45) is 1.52. The maximum atomic E-state index is 12.7. The average molecular weight is 572 g/mol. The Bertz CT molecular complexity index is 978. The van der Waals surface area contributed by atoms with E-state index in [1.54, 1.807) is 37.4 Å². The molecule has 1 atom stereocenters. The molecule has 0 aliphatic heterocycles. The van der Waals surface area contributed by atoms with Gasteiger partial charge in [0, 0.05) is 10.6 Å². The van der Waals surface area contributed by atoms with Crippen LogP contribution in [0.25, 0.3) is 0 Å². The predicted octanol–water partition coefficient (Wildman–Crippen LogP) is 4.65. The third-order valence-electron chi connectivity index (χ3n) is 4.34. The molecule has 2 aromatic carbocycles. The Labute approximate surface area is 207 Å². The first-order valence-corrected chi connectivity index (χ1v) is 11.5. The van der Waals surface area contributed by atoms with Gasteiger partial charge >= 0.3 is 0 Å². The molecular weight excluding hydrogens is 545 g/mol. The molecule has 172 valence electrons. The van der Waals surface area contributed by atoms with Gasteiger partial charge in [0.05, 0.1) is 23.0 Å². The van der Waals surface area contributed by atoms with Crippen molar-refractivity contribution in [1.29, 1.82) is 0 Å². The molecule has 0 saturated heterocycles. The number of nitrogens with zero attached hydrogens (tertiary/aromatic N) is 1. The molecule has 0 heterocycles. The quantitative estimate of drug-likeness (QED) is 0.261. The Morgan fingerprint density at radius 1 is 1.12 bits per heavy atom. The number of nitrogens with one attached hydrogen (secondary N) is 2. The van der Waals surface area contributed by atoms with Crippen LogP contribution in [0.4, 0.5) is 0 Å². The Hall–Kier alpha value is -2.33. The Morgan fingerprint density at radius 3 is 2.34 bits per heavy atom. The number of halogens is 2. The minimum absolute atomic E-state index is 0.00673. The fraction of sp³-hybridized carbons (Fsp3) is 0.348. The van der Waals surface area contributed by atoms with Crippen molar-refractivity contribution in [2.24, 2.45) is 11.0 Å². The smallest absolute Gasteiger partial charge is 0.262 e. The van der Waals surface area contributed by atoms with Crippen molar-refractivity contribution in [3.05, 3.63) is 56.1 Å². The molecule has 0 saturated carbocycles. The van der Waals surface area contributed by atoms with Gasteiger partial charge in [-0.05, 0) is 84.3 Å². The van der Waals surface area contributed by atoms with Gasteiger partial charge in [0.15, 0.2) is 11.5 Å². The number of hydrogen-bond donors (Lipinski definition) is 2. The Morgan fingerprint density at radius 2 is 1.78 bits per heavy atom. The highest BCUT2D eigenvalue weighted by Crippen LogP contribution is 2.34. The molecule has 0 radical (unpaired) electrons. The minimum Gasteiger partial charge on any atom is -0.493 e. The summed E-state index contributed by atoms with van der Waals surface area (Å²) in [5.41, 5.74) is 3.65. The zero-order valence-electron chi connectivity index (χ0n) is 18.6. The highest BCUT2D eigenvalue weighted by atomic mass is 127. The first-order chi connectivity index (χ1) is 15.1. The molecule has 0 aliphatic rings. The molecule has 0 aromatic heterocycles. The summed E-state index contributed by atoms with van der Waals surface area (Å²) in [6, 6.07) is 9.35. The first-order valence-electron chi connectivity index (χ1n) is 10.1. The van der Waals surface area contributed by atoms with Gasteiger partial charge in [-0.15, -0.1) is 0 Å². The summed E-state index contributed by atoms with van der Waals surface area (Å²) >= 11 is 8.03. The van der Waals surface area contributed by atoms with E-state index in [9.17, 15) is 9.59 Å². The van der Waals surface area contributed by atoms with E-state index in [0.29, 0.717) is 22.1 Å². The zero-order valence-corrected chi connectivity index (χ0v) is 21.5. The van der Waals surface area contributed by atoms with Gasteiger partial charge in [-0.2, -0.15) is 5.10 Å². The second kappa shape index (κ2) is 12.1. The van der Waals surface area contributed by atoms with Gasteiger partial charge in [0.2, 0.25) is 0 Å². The lowest BCUT2D eigenvalue weighted by atomic mass is 10.0. The van der Waals surface area contributed by atoms with Crippen LogP contribution < -0.4 is 20.2 Å². The van der Waals surface area contributed by atoms with Crippen LogP contribution in [-0.2, 0) is 4.79 Å². The number of carbonyl (C=O) groups is 2. The van der Waals surface area contributed by atoms with Gasteiger partial charge in [-0.25, -0.2) is 5.43 Å². The lowest BCUT2D eigenvalue weighted by Crippen LogP contribution is -2.48. The van der Waals surface area contributed by atoms with Crippen LogP contribution in [0, 0.1) is 9.49 Å². The van der Waals surface area contributed by atoms with Crippen molar-refractivity contribution in [2.75, 3.05) is 7.11 Å². The summed E-state index contributed by atoms with van der Waals surface area (Å²) in [4.78, 5) is 25.1. The van der Waals surface area contributed by atoms with E-state index in [0.717, 1.165) is 9.13 Å². The molecule has 2 amide bonds. The van der Waals surface area contributed by atoms with E-state index in [2.05, 4.69) is 38.4 Å². The number of benzene rings is 2. The van der Waals surface area contributed by atoms with Crippen LogP contribution in [0.2, 0.25) is 5.02 Å². The Kier molecular flexibility index (Phi) is 9.77. The first kappa shape index (κ1) is 25.9. The van der Waals surface area contributed by atoms with Crippen molar-refractivity contribution in [3.63, 3.8) is 0 Å². The van der Waals surface area contributed by atoms with Crippen LogP contribution in [-0.4, -0.2) is 37.3 Å². The zero-order chi connectivity index (χ0) is 23.8. The van der Waals surface area contributed by atoms with Gasteiger partial charge < -0.3 is 14.8 Å². The average Bonchev–Trinajstić information content (AvgIpc) is 2.73. The van der Waals surface area contributed by atoms with Crippen molar-refractivity contribution in [2.45, 2.75) is 39.8 Å². The second-order valence-electron chi connectivity index (χ2n) is 7.64. The summed E-state index contributed by atoms with van der Waals surface area (Å²) in [5, 5.41) is 7.33. The van der Waals surface area contributed by atoms with Crippen molar-refractivity contribution in [1.82, 2.24) is 10.7 Å². The van der Waals surface area contributed by atoms with Crippen LogP contribution in [0.15, 0.2) is 41.5 Å².